The molecule has 5 rings (SSSR count). The predicted molar refractivity (Wildman–Crippen MR) is 240 cm³/mol. The molecule has 0 saturated carbocycles. The normalized spacial score (nSPS) is 9.86. The van der Waals surface area contributed by atoms with Gasteiger partial charge in [0, 0.05) is 69.1 Å². The number of hydrogen-bond donors (Lipinski definition) is 1. The average Bonchev–Trinajstić information content (AvgIpc) is 3.79. The first-order valence-corrected chi connectivity index (χ1v) is 20.1. The number of aliphatic hydroxyl groups excluding tert-OH is 1. The number of ether oxygens (including phenoxy) is 2. The smallest absolute Gasteiger partial charge is 1.00 e. The van der Waals surface area contributed by atoms with Gasteiger partial charge in [-0.05, 0) is 103 Å². The van der Waals surface area contributed by atoms with Crippen molar-refractivity contribution in [2.45, 2.75) is 74.3 Å². The Labute approximate surface area is 401 Å². The predicted octanol–water partition coefficient (Wildman–Crippen LogP) is 8.78. The van der Waals surface area contributed by atoms with E-state index in [1.54, 1.807) is 38.4 Å². The maximum Gasteiger partial charge on any atom is 1.00 e. The van der Waals surface area contributed by atoms with Crippen molar-refractivity contribution in [3.8, 4) is 0 Å². The second-order valence-corrected chi connectivity index (χ2v) is 13.9. The van der Waals surface area contributed by atoms with Crippen molar-refractivity contribution in [2.75, 3.05) is 20.3 Å². The van der Waals surface area contributed by atoms with Gasteiger partial charge in [0.05, 0.1) is 57.3 Å². The maximum absolute atomic E-state index is 11.0. The number of methoxy groups -OCH3 is 1. The summed E-state index contributed by atoms with van der Waals surface area (Å²) in [6.07, 6.45) is 8.52. The first-order valence-electron chi connectivity index (χ1n) is 16.7. The summed E-state index contributed by atoms with van der Waals surface area (Å²) in [5, 5.41) is 8.69. The number of pyridine rings is 4. The number of esters is 1. The van der Waals surface area contributed by atoms with Gasteiger partial charge in [-0.2, -0.15) is 0 Å². The number of nitrogens with zero attached hydrogens (tertiary/aromatic N) is 8. The van der Waals surface area contributed by atoms with Crippen molar-refractivity contribution in [3.05, 3.63) is 139 Å². The Bertz CT molecular complexity index is 1980. The third-order valence-electron chi connectivity index (χ3n) is 6.42. The van der Waals surface area contributed by atoms with Crippen LogP contribution in [0, 0.1) is 54.0 Å². The molecule has 0 atom stereocenters. The second kappa shape index (κ2) is 39.9. The van der Waals surface area contributed by atoms with Crippen LogP contribution in [0.15, 0.2) is 53.7 Å². The summed E-state index contributed by atoms with van der Waals surface area (Å²) in [6, 6.07) is 6.92. The first kappa shape index (κ1) is 62.2. The summed E-state index contributed by atoms with van der Waals surface area (Å²) < 4.78 is 25.5. The largest absolute Gasteiger partial charge is 1.00 e. The Hall–Kier alpha value is -3.49. The van der Waals surface area contributed by atoms with Crippen LogP contribution in [0.3, 0.4) is 0 Å². The van der Waals surface area contributed by atoms with Gasteiger partial charge >= 0.3 is 35.5 Å². The topological polar surface area (TPSA) is 142 Å². The fraction of sp³-hybridized carbons (Fsp3) is 0.359. The molecule has 4 aromatic rings. The summed E-state index contributed by atoms with van der Waals surface area (Å²) in [5.41, 5.74) is 7.34. The summed E-state index contributed by atoms with van der Waals surface area (Å²) in [7, 11) is 8.65. The van der Waals surface area contributed by atoms with E-state index in [9.17, 15) is 4.79 Å². The first-order chi connectivity index (χ1) is 27.1. The molecule has 13 nitrogen and oxygen atoms in total. The van der Waals surface area contributed by atoms with Gasteiger partial charge in [-0.3, -0.25) is 19.9 Å². The van der Waals surface area contributed by atoms with Crippen molar-refractivity contribution >= 4 is 95.3 Å². The van der Waals surface area contributed by atoms with Gasteiger partial charge in [-0.15, -0.1) is 11.6 Å². The van der Waals surface area contributed by atoms with Crippen LogP contribution >= 0.6 is 48.9 Å². The van der Waals surface area contributed by atoms with Crippen molar-refractivity contribution in [2.24, 2.45) is 0 Å². The molecular weight excluding hydrogens is 913 g/mol. The number of alkyl halides is 1. The number of halogens is 4. The minimum atomic E-state index is -1.67. The number of hydrogen-bond acceptors (Lipinski definition) is 9. The third kappa shape index (κ3) is 29.4. The Balaban J connectivity index is -0.000000149. The minimum Gasteiger partial charge on any atom is -1.00 e. The Morgan fingerprint density at radius 2 is 1.20 bits per heavy atom. The Morgan fingerprint density at radius 3 is 1.51 bits per heavy atom. The van der Waals surface area contributed by atoms with Gasteiger partial charge in [0.2, 0.25) is 32.0 Å². The molecule has 0 unspecified atom stereocenters. The van der Waals surface area contributed by atoms with E-state index < -0.39 is 15.2 Å². The standard InChI is InChI=1S/C9H8N2O2.C8H7ClN2.C8H8N2O.C7H5BrN2.C4H8O.C2H6.CH4.B.Cl2OS.Na.H/c1-6-4-7(9(12)13-3)11-5-8(6)10-2;1-6-3-7(4-9)11-5-8(6)10-2;1-6-3-7(5-11)10-4-8(6)9-2;1-5-3-7(8)10-4-6(5)9-2;1-2-4-5-3-1;1-2;;;1-4(2)3;;/h4-5H,1,3H3;3,5H,4H2,1H3;3-4,11H,5H2,1H3;3-4H,1H3;1-4H2;1-2H3;1H4;;;;/q;;;;;;;;;+1;-1/i;;;;;1D;;;;;. The van der Waals surface area contributed by atoms with E-state index in [-0.39, 0.29) is 59.1 Å². The van der Waals surface area contributed by atoms with Crippen molar-refractivity contribution < 1.29 is 55.9 Å². The molecule has 0 bridgehead atoms. The van der Waals surface area contributed by atoms with E-state index in [4.69, 9.17) is 53.3 Å². The quantitative estimate of drug-likeness (QED) is 0.0533. The van der Waals surface area contributed by atoms with Gasteiger partial charge in [-0.25, -0.2) is 28.4 Å². The molecule has 0 amide bonds. The van der Waals surface area contributed by atoms with E-state index >= 15 is 0 Å². The zero-order valence-corrected chi connectivity index (χ0v) is 39.9. The second-order valence-electron chi connectivity index (χ2n) is 10.3. The van der Waals surface area contributed by atoms with Crippen molar-refractivity contribution in [1.29, 1.82) is 0 Å². The van der Waals surface area contributed by atoms with Crippen LogP contribution in [0.4, 0.5) is 22.7 Å². The zero-order valence-electron chi connectivity index (χ0n) is 35.2. The molecule has 5 heterocycles. The van der Waals surface area contributed by atoms with Crippen molar-refractivity contribution in [3.63, 3.8) is 0 Å². The molecule has 0 aromatic carbocycles. The van der Waals surface area contributed by atoms with Crippen LogP contribution in [-0.2, 0) is 31.2 Å². The molecule has 0 aliphatic carbocycles. The molecule has 59 heavy (non-hydrogen) atoms. The van der Waals surface area contributed by atoms with Gasteiger partial charge in [0.1, 0.15) is 10.3 Å². The van der Waals surface area contributed by atoms with Gasteiger partial charge in [0.15, 0.2) is 0 Å². The molecule has 3 radical (unpaired) electrons. The maximum atomic E-state index is 11.0. The number of aryl methyl sites for hydroxylation is 4. The number of rotatable bonds is 3. The van der Waals surface area contributed by atoms with E-state index in [2.05, 4.69) is 81.3 Å². The number of carbonyl (C=O) groups is 1. The fourth-order valence-electron chi connectivity index (χ4n) is 3.63. The van der Waals surface area contributed by atoms with Crippen LogP contribution in [0.1, 0.15) is 81.0 Å². The molecule has 1 saturated heterocycles. The summed E-state index contributed by atoms with van der Waals surface area (Å²) in [5.74, 6) is -0.0845. The molecule has 1 N–H and O–H groups in total. The van der Waals surface area contributed by atoms with E-state index in [0.29, 0.717) is 41.2 Å². The molecule has 1 aliphatic heterocycles. The van der Waals surface area contributed by atoms with Crippen LogP contribution in [0.5, 0.6) is 0 Å². The molecule has 4 aromatic heterocycles. The Morgan fingerprint density at radius 1 is 0.847 bits per heavy atom. The molecule has 0 spiro atoms. The molecule has 1 fully saturated rings. The van der Waals surface area contributed by atoms with Crippen LogP contribution < -0.4 is 29.6 Å². The van der Waals surface area contributed by atoms with Crippen LogP contribution in [-0.4, -0.2) is 64.0 Å². The zero-order chi connectivity index (χ0) is 43.8. The van der Waals surface area contributed by atoms with Crippen molar-refractivity contribution in [1.82, 2.24) is 19.9 Å². The summed E-state index contributed by atoms with van der Waals surface area (Å²) in [6.45, 7) is 38.6. The van der Waals surface area contributed by atoms with Gasteiger partial charge < -0.3 is 16.0 Å². The minimum absolute atomic E-state index is 0. The molecule has 311 valence electrons. The van der Waals surface area contributed by atoms with Gasteiger partial charge in [-0.1, -0.05) is 21.3 Å². The monoisotopic (exact) mass is 958 g/mol. The Kier molecular flexibility index (Phi) is 42.1. The average molecular weight is 961 g/mol. The van der Waals surface area contributed by atoms with Gasteiger partial charge in [0.25, 0.3) is 0 Å². The SMILES string of the molecule is C.C1CCOC1.O=S(Cl)Cl.[2H]CC.[B].[C-]#[N+]c1cnc(Br)cc1C.[C-]#[N+]c1cnc(C(=O)OC)cc1C.[C-]#[N+]c1cnc(CCl)cc1C.[C-]#[N+]c1cnc(CO)cc1C.[H-].[Na+]. The summed E-state index contributed by atoms with van der Waals surface area (Å²) >= 11 is 8.77. The van der Waals surface area contributed by atoms with E-state index in [1.165, 1.54) is 32.3 Å². The van der Waals surface area contributed by atoms with E-state index in [0.717, 1.165) is 45.8 Å². The number of aliphatic hydroxyl groups is 1. The third-order valence-corrected chi connectivity index (χ3v) is 7.12. The number of aromatic nitrogens is 4. The molecular formula is C39H47BBrCl3N8NaO5S. The fourth-order valence-corrected chi connectivity index (χ4v) is 4.22. The molecule has 1 aliphatic rings. The summed E-state index contributed by atoms with van der Waals surface area (Å²) in [4.78, 5) is 39.6. The molecule has 20 heteroatoms. The van der Waals surface area contributed by atoms with E-state index in [1.807, 2.05) is 32.9 Å². The van der Waals surface area contributed by atoms with Crippen LogP contribution in [0.2, 0.25) is 0 Å². The number of carbonyl (C=O) groups excluding carboxylic acids is 1. The van der Waals surface area contributed by atoms with Crippen LogP contribution in [0.25, 0.3) is 19.4 Å².